The highest BCUT2D eigenvalue weighted by atomic mass is 15.2. The minimum absolute atomic E-state index is 0.658. The first-order valence-corrected chi connectivity index (χ1v) is 10.5. The third-order valence-corrected chi connectivity index (χ3v) is 5.92. The van der Waals surface area contributed by atoms with E-state index in [1.54, 1.807) is 0 Å². The van der Waals surface area contributed by atoms with Crippen LogP contribution in [0.3, 0.4) is 0 Å². The fourth-order valence-corrected chi connectivity index (χ4v) is 4.40. The molecule has 0 saturated heterocycles. The largest absolute Gasteiger partial charge is 0.284 e. The van der Waals surface area contributed by atoms with Crippen LogP contribution < -0.4 is 0 Å². The van der Waals surface area contributed by atoms with Crippen LogP contribution in [0.5, 0.6) is 0 Å². The Hall–Kier alpha value is -3.65. The molecule has 0 N–H and O–H groups in total. The van der Waals surface area contributed by atoms with Crippen molar-refractivity contribution >= 4 is 27.7 Å². The molecular weight excluding hydrogens is 370 g/mol. The van der Waals surface area contributed by atoms with Crippen LogP contribution in [0.2, 0.25) is 0 Å². The lowest BCUT2D eigenvalue weighted by Crippen LogP contribution is -2.11. The second-order valence-corrected chi connectivity index (χ2v) is 7.73. The molecule has 0 bridgehead atoms. The van der Waals surface area contributed by atoms with Crippen molar-refractivity contribution in [1.82, 2.24) is 18.9 Å². The van der Waals surface area contributed by atoms with Crippen molar-refractivity contribution in [3.05, 3.63) is 71.5 Å². The Labute approximate surface area is 175 Å². The quantitative estimate of drug-likeness (QED) is 0.358. The van der Waals surface area contributed by atoms with E-state index >= 15 is 0 Å². The molecule has 0 aliphatic carbocycles. The van der Waals surface area contributed by atoms with Gasteiger partial charge in [0.25, 0.3) is 0 Å². The number of aromatic nitrogens is 4. The highest BCUT2D eigenvalue weighted by molar-refractivity contribution is 5.86. The van der Waals surface area contributed by atoms with Gasteiger partial charge < -0.3 is 0 Å². The number of unbranched alkanes of at least 4 members (excludes halogenated alkanes) is 2. The van der Waals surface area contributed by atoms with Gasteiger partial charge in [-0.25, -0.2) is 9.97 Å². The predicted molar refractivity (Wildman–Crippen MR) is 120 cm³/mol. The molecule has 30 heavy (non-hydrogen) atoms. The average Bonchev–Trinajstić information content (AvgIpc) is 3.36. The molecule has 0 unspecified atom stereocenters. The summed E-state index contributed by atoms with van der Waals surface area (Å²) in [7, 11) is 0. The maximum atomic E-state index is 10.0. The maximum Gasteiger partial charge on any atom is 0.157 e. The number of hydrogen-bond acceptors (Lipinski definition) is 3. The van der Waals surface area contributed by atoms with E-state index in [0.29, 0.717) is 11.2 Å². The minimum Gasteiger partial charge on any atom is -0.284 e. The zero-order valence-corrected chi connectivity index (χ0v) is 17.3. The zero-order chi connectivity index (χ0) is 20.7. The van der Waals surface area contributed by atoms with E-state index in [2.05, 4.69) is 46.0 Å². The molecule has 148 valence electrons. The van der Waals surface area contributed by atoms with Gasteiger partial charge in [-0.15, -0.1) is 0 Å². The lowest BCUT2D eigenvalue weighted by atomic mass is 9.99. The number of hydrogen-bond donors (Lipinski definition) is 0. The molecule has 0 radical (unpaired) electrons. The van der Waals surface area contributed by atoms with Crippen LogP contribution in [0.25, 0.3) is 33.5 Å². The van der Waals surface area contributed by atoms with Gasteiger partial charge in [-0.05, 0) is 55.2 Å². The second kappa shape index (κ2) is 7.31. The van der Waals surface area contributed by atoms with E-state index in [1.165, 1.54) is 5.56 Å². The molecular formula is C25H23N5. The first-order chi connectivity index (χ1) is 14.7. The molecule has 3 heterocycles. The Morgan fingerprint density at radius 1 is 0.967 bits per heavy atom. The number of pyridine rings is 1. The Bertz CT molecular complexity index is 1430. The molecule has 0 aliphatic heterocycles. The molecule has 0 atom stereocenters. The van der Waals surface area contributed by atoms with Gasteiger partial charge in [-0.3, -0.25) is 8.97 Å². The number of fused-ring (bicyclic) bond motifs is 4. The summed E-state index contributed by atoms with van der Waals surface area (Å²) in [4.78, 5) is 9.48. The van der Waals surface area contributed by atoms with Gasteiger partial charge in [0.2, 0.25) is 0 Å². The van der Waals surface area contributed by atoms with Gasteiger partial charge in [0.15, 0.2) is 5.65 Å². The van der Waals surface area contributed by atoms with Crippen molar-refractivity contribution in [2.75, 3.05) is 0 Å². The van der Waals surface area contributed by atoms with E-state index in [0.717, 1.165) is 59.1 Å². The molecule has 5 aromatic rings. The standard InChI is InChI=1S/C25H23N5/c1-3-4-5-10-18-17(2)19(15-26)24-28-21-12-7-9-14-23(21)30(24)25(18)29-16-27-20-11-6-8-13-22(20)29/h6-9,11-14,16H,3-5,10H2,1-2H3. The van der Waals surface area contributed by atoms with E-state index in [-0.39, 0.29) is 0 Å². The number of nitriles is 1. The van der Waals surface area contributed by atoms with Gasteiger partial charge in [0.05, 0.1) is 27.6 Å². The second-order valence-electron chi connectivity index (χ2n) is 7.73. The highest BCUT2D eigenvalue weighted by Gasteiger charge is 2.22. The summed E-state index contributed by atoms with van der Waals surface area (Å²) in [5.41, 5.74) is 7.49. The first-order valence-electron chi connectivity index (χ1n) is 10.5. The SMILES string of the molecule is CCCCCc1c(C)c(C#N)c2nc3ccccc3n2c1-n1cnc2ccccc21. The smallest absolute Gasteiger partial charge is 0.157 e. The van der Waals surface area contributed by atoms with Crippen molar-refractivity contribution in [3.63, 3.8) is 0 Å². The minimum atomic E-state index is 0.658. The van der Waals surface area contributed by atoms with Crippen molar-refractivity contribution in [2.24, 2.45) is 0 Å². The Morgan fingerprint density at radius 3 is 2.47 bits per heavy atom. The molecule has 2 aromatic carbocycles. The van der Waals surface area contributed by atoms with Crippen molar-refractivity contribution in [1.29, 1.82) is 5.26 Å². The van der Waals surface area contributed by atoms with Crippen LogP contribution in [-0.4, -0.2) is 18.9 Å². The van der Waals surface area contributed by atoms with Gasteiger partial charge in [0, 0.05) is 0 Å². The number of nitrogens with zero attached hydrogens (tertiary/aromatic N) is 5. The van der Waals surface area contributed by atoms with E-state index in [4.69, 9.17) is 4.98 Å². The van der Waals surface area contributed by atoms with Crippen LogP contribution in [0.1, 0.15) is 42.9 Å². The van der Waals surface area contributed by atoms with Crippen molar-refractivity contribution < 1.29 is 0 Å². The van der Waals surface area contributed by atoms with Crippen LogP contribution >= 0.6 is 0 Å². The number of para-hydroxylation sites is 4. The Kier molecular flexibility index (Phi) is 4.48. The van der Waals surface area contributed by atoms with Crippen molar-refractivity contribution in [3.8, 4) is 11.9 Å². The summed E-state index contributed by atoms with van der Waals surface area (Å²) in [5.74, 6) is 1.04. The van der Waals surface area contributed by atoms with E-state index in [9.17, 15) is 5.26 Å². The monoisotopic (exact) mass is 393 g/mol. The van der Waals surface area contributed by atoms with Crippen LogP contribution in [0, 0.1) is 18.3 Å². The van der Waals surface area contributed by atoms with Gasteiger partial charge in [0.1, 0.15) is 18.2 Å². The summed E-state index contributed by atoms with van der Waals surface area (Å²) in [5, 5.41) is 10.0. The van der Waals surface area contributed by atoms with Crippen LogP contribution in [0.15, 0.2) is 54.9 Å². The third kappa shape index (κ3) is 2.68. The summed E-state index contributed by atoms with van der Waals surface area (Å²) in [6.07, 6.45) is 6.21. The maximum absolute atomic E-state index is 10.0. The summed E-state index contributed by atoms with van der Waals surface area (Å²) in [6, 6.07) is 18.7. The topological polar surface area (TPSA) is 58.9 Å². The van der Waals surface area contributed by atoms with E-state index in [1.807, 2.05) is 42.7 Å². The molecule has 5 nitrogen and oxygen atoms in total. The summed E-state index contributed by atoms with van der Waals surface area (Å²) in [6.45, 7) is 4.27. The average molecular weight is 393 g/mol. The van der Waals surface area contributed by atoms with Gasteiger partial charge in [-0.1, -0.05) is 44.0 Å². The summed E-state index contributed by atoms with van der Waals surface area (Å²) < 4.78 is 4.31. The fourth-order valence-electron chi connectivity index (χ4n) is 4.40. The molecule has 0 aliphatic rings. The fraction of sp³-hybridized carbons (Fsp3) is 0.240. The number of benzene rings is 2. The molecule has 0 saturated carbocycles. The lowest BCUT2D eigenvalue weighted by molar-refractivity contribution is 0.709. The van der Waals surface area contributed by atoms with Gasteiger partial charge >= 0.3 is 0 Å². The zero-order valence-electron chi connectivity index (χ0n) is 17.3. The van der Waals surface area contributed by atoms with Gasteiger partial charge in [-0.2, -0.15) is 5.26 Å². The first kappa shape index (κ1) is 18.4. The highest BCUT2D eigenvalue weighted by Crippen LogP contribution is 2.32. The predicted octanol–water partition coefficient (Wildman–Crippen LogP) is 5.74. The molecule has 3 aromatic heterocycles. The normalized spacial score (nSPS) is 11.5. The number of rotatable bonds is 5. The molecule has 0 amide bonds. The van der Waals surface area contributed by atoms with E-state index < -0.39 is 0 Å². The molecule has 0 spiro atoms. The van der Waals surface area contributed by atoms with Crippen molar-refractivity contribution in [2.45, 2.75) is 39.5 Å². The number of imidazole rings is 2. The lowest BCUT2D eigenvalue weighted by Gasteiger charge is -2.18. The Balaban J connectivity index is 1.95. The molecule has 5 rings (SSSR count). The molecule has 5 heteroatoms. The van der Waals surface area contributed by atoms with Crippen LogP contribution in [-0.2, 0) is 6.42 Å². The molecule has 0 fully saturated rings. The van der Waals surface area contributed by atoms with Crippen LogP contribution in [0.4, 0.5) is 0 Å². The summed E-state index contributed by atoms with van der Waals surface area (Å²) >= 11 is 0. The Morgan fingerprint density at radius 2 is 1.70 bits per heavy atom. The third-order valence-electron chi connectivity index (χ3n) is 5.92.